The van der Waals surface area contributed by atoms with Crippen molar-refractivity contribution in [2.75, 3.05) is 17.7 Å². The monoisotopic (exact) mass is 404 g/mol. The lowest BCUT2D eigenvalue weighted by Gasteiger charge is -2.13. The Hall–Kier alpha value is -1.22. The summed E-state index contributed by atoms with van der Waals surface area (Å²) >= 11 is 16.9. The molecule has 0 fully saturated rings. The van der Waals surface area contributed by atoms with Crippen LogP contribution in [-0.4, -0.2) is 17.0 Å². The van der Waals surface area contributed by atoms with Crippen LogP contribution in [0.4, 0.5) is 28.7 Å². The van der Waals surface area contributed by atoms with Crippen LogP contribution >= 0.6 is 39.1 Å². The molecule has 2 heterocycles. The van der Waals surface area contributed by atoms with Crippen LogP contribution < -0.4 is 10.6 Å². The van der Waals surface area contributed by atoms with E-state index in [4.69, 9.17) is 23.2 Å². The first-order valence-electron chi connectivity index (χ1n) is 5.67. The van der Waals surface area contributed by atoms with E-state index >= 15 is 0 Å². The highest BCUT2D eigenvalue weighted by atomic mass is 79.9. The molecular weight excluding hydrogens is 399 g/mol. The summed E-state index contributed by atoms with van der Waals surface area (Å²) in [7, 11) is 1.77. The predicted octanol–water partition coefficient (Wildman–Crippen LogP) is 5.06. The zero-order chi connectivity index (χ0) is 15.0. The molecule has 0 amide bonds. The third-order valence-corrected chi connectivity index (χ3v) is 4.58. The van der Waals surface area contributed by atoms with E-state index in [1.54, 1.807) is 13.1 Å². The summed E-state index contributed by atoms with van der Waals surface area (Å²) in [5.41, 5.74) is 1.81. The summed E-state index contributed by atoms with van der Waals surface area (Å²) in [5, 5.41) is 7.01. The molecule has 2 aromatic rings. The highest BCUT2D eigenvalue weighted by Crippen LogP contribution is 2.48. The number of anilines is 3. The van der Waals surface area contributed by atoms with Crippen molar-refractivity contribution < 1.29 is 0 Å². The van der Waals surface area contributed by atoms with Crippen LogP contribution in [0.2, 0.25) is 10.0 Å². The number of nitrogens with one attached hydrogen (secondary N) is 2. The van der Waals surface area contributed by atoms with Gasteiger partial charge >= 0.3 is 0 Å². The van der Waals surface area contributed by atoms with Crippen LogP contribution in [0.15, 0.2) is 25.6 Å². The molecular formula is C11H7BrCl2N6S. The van der Waals surface area contributed by atoms with Crippen LogP contribution in [-0.2, 0) is 11.4 Å². The van der Waals surface area contributed by atoms with Crippen molar-refractivity contribution in [1.29, 1.82) is 0 Å². The van der Waals surface area contributed by atoms with Gasteiger partial charge in [-0.1, -0.05) is 23.2 Å². The summed E-state index contributed by atoms with van der Waals surface area (Å²) in [6.07, 6.45) is 1.44. The highest BCUT2D eigenvalue weighted by molar-refractivity contribution is 9.10. The first kappa shape index (κ1) is 14.7. The third kappa shape index (κ3) is 2.64. The van der Waals surface area contributed by atoms with Gasteiger partial charge in [0.05, 0.1) is 27.1 Å². The van der Waals surface area contributed by atoms with Gasteiger partial charge in [0, 0.05) is 7.05 Å². The fourth-order valence-corrected chi connectivity index (χ4v) is 3.40. The lowest BCUT2D eigenvalue weighted by molar-refractivity contribution is 1.14. The molecule has 0 atom stereocenters. The Kier molecular flexibility index (Phi) is 4.12. The number of hydrogen-bond acceptors (Lipinski definition) is 6. The minimum atomic E-state index is 0.441. The first-order valence-corrected chi connectivity index (χ1v) is 7.95. The van der Waals surface area contributed by atoms with Crippen molar-refractivity contribution in [3.63, 3.8) is 0 Å². The van der Waals surface area contributed by atoms with Crippen LogP contribution in [0.3, 0.4) is 0 Å². The molecule has 3 rings (SSSR count). The Labute approximate surface area is 142 Å². The quantitative estimate of drug-likeness (QED) is 0.638. The molecule has 1 aliphatic heterocycles. The molecule has 21 heavy (non-hydrogen) atoms. The topological polar surface area (TPSA) is 74.6 Å². The molecule has 0 bridgehead atoms. The van der Waals surface area contributed by atoms with Gasteiger partial charge < -0.3 is 10.6 Å². The van der Waals surface area contributed by atoms with Crippen LogP contribution in [0.5, 0.6) is 0 Å². The molecule has 10 heteroatoms. The summed E-state index contributed by atoms with van der Waals surface area (Å²) in [4.78, 5) is 8.29. The number of aromatic nitrogens is 2. The van der Waals surface area contributed by atoms with E-state index in [2.05, 4.69) is 45.3 Å². The fraction of sp³-hybridized carbons (Fsp3) is 0.0909. The third-order valence-electron chi connectivity index (χ3n) is 2.71. The fourth-order valence-electron chi connectivity index (χ4n) is 1.74. The Morgan fingerprint density at radius 3 is 2.57 bits per heavy atom. The van der Waals surface area contributed by atoms with Crippen molar-refractivity contribution in [3.05, 3.63) is 26.9 Å². The van der Waals surface area contributed by atoms with E-state index in [1.807, 2.05) is 0 Å². The van der Waals surface area contributed by atoms with Crippen molar-refractivity contribution in [2.45, 2.75) is 0 Å². The van der Waals surface area contributed by atoms with Crippen LogP contribution in [0.25, 0.3) is 0 Å². The van der Waals surface area contributed by atoms with Gasteiger partial charge in [-0.25, -0.2) is 9.97 Å². The van der Waals surface area contributed by atoms with Crippen molar-refractivity contribution in [1.82, 2.24) is 9.97 Å². The number of hydrogen-bond donors (Lipinski definition) is 2. The Morgan fingerprint density at radius 2 is 1.81 bits per heavy atom. The molecule has 0 saturated carbocycles. The molecule has 0 unspecified atom stereocenters. The lowest BCUT2D eigenvalue weighted by atomic mass is 10.2. The number of halogens is 3. The normalized spacial score (nSPS) is 12.0. The Bertz CT molecular complexity index is 806. The maximum Gasteiger partial charge on any atom is 0.150 e. The average Bonchev–Trinajstić information content (AvgIpc) is 2.95. The molecule has 2 N–H and O–H groups in total. The lowest BCUT2D eigenvalue weighted by Crippen LogP contribution is -2.01. The van der Waals surface area contributed by atoms with Gasteiger partial charge in [-0.05, 0) is 22.0 Å². The van der Waals surface area contributed by atoms with Gasteiger partial charge in [-0.2, -0.15) is 8.73 Å². The highest BCUT2D eigenvalue weighted by Gasteiger charge is 2.20. The molecule has 0 radical (unpaired) electrons. The summed E-state index contributed by atoms with van der Waals surface area (Å²) < 4.78 is 9.08. The van der Waals surface area contributed by atoms with E-state index in [0.717, 1.165) is 11.4 Å². The van der Waals surface area contributed by atoms with E-state index in [9.17, 15) is 0 Å². The second-order valence-electron chi connectivity index (χ2n) is 3.94. The maximum atomic E-state index is 6.26. The minimum absolute atomic E-state index is 0.441. The van der Waals surface area contributed by atoms with Gasteiger partial charge in [0.1, 0.15) is 33.8 Å². The number of nitrogens with zero attached hydrogens (tertiary/aromatic N) is 4. The Balaban J connectivity index is 2.08. The second-order valence-corrected chi connectivity index (χ2v) is 6.07. The average molecular weight is 406 g/mol. The Morgan fingerprint density at radius 1 is 1.10 bits per heavy atom. The molecule has 0 aliphatic carbocycles. The number of benzene rings is 1. The zero-order valence-electron chi connectivity index (χ0n) is 10.5. The number of rotatable bonds is 3. The van der Waals surface area contributed by atoms with Crippen LogP contribution in [0, 0.1) is 0 Å². The smallest absolute Gasteiger partial charge is 0.150 e. The zero-order valence-corrected chi connectivity index (χ0v) is 14.4. The molecule has 1 aromatic carbocycles. The molecule has 1 aliphatic rings. The van der Waals surface area contributed by atoms with E-state index in [-0.39, 0.29) is 0 Å². The van der Waals surface area contributed by atoms with Crippen molar-refractivity contribution in [2.24, 2.45) is 8.73 Å². The van der Waals surface area contributed by atoms with Crippen molar-refractivity contribution in [3.8, 4) is 0 Å². The summed E-state index contributed by atoms with van der Waals surface area (Å²) in [6, 6.07) is 1.63. The van der Waals surface area contributed by atoms with E-state index in [1.165, 1.54) is 6.33 Å². The van der Waals surface area contributed by atoms with E-state index in [0.29, 0.717) is 43.2 Å². The molecule has 108 valence electrons. The van der Waals surface area contributed by atoms with Gasteiger partial charge in [0.15, 0.2) is 0 Å². The first-order chi connectivity index (χ1) is 10.1. The molecule has 0 saturated heterocycles. The van der Waals surface area contributed by atoms with Gasteiger partial charge in [0.2, 0.25) is 0 Å². The standard InChI is InChI=1S/C11H7BrCl2N6S/c1-15-10-6(12)11(17-3-16-10)18-7-4(13)2-5(14)8-9(7)20-21-19-8/h2-3H,1H3,(H2,15,16,17,18). The van der Waals surface area contributed by atoms with Gasteiger partial charge in [0.25, 0.3) is 0 Å². The second kappa shape index (κ2) is 5.88. The van der Waals surface area contributed by atoms with Crippen molar-refractivity contribution >= 4 is 79.2 Å². The summed E-state index contributed by atoms with van der Waals surface area (Å²) in [6.45, 7) is 0. The SMILES string of the molecule is CNc1ncnc(Nc2c(Cl)cc(Cl)c3c2N=S=N3)c1Br. The predicted molar refractivity (Wildman–Crippen MR) is 90.6 cm³/mol. The van der Waals surface area contributed by atoms with Crippen LogP contribution in [0.1, 0.15) is 0 Å². The van der Waals surface area contributed by atoms with Gasteiger partial charge in [-0.3, -0.25) is 0 Å². The molecule has 1 aromatic heterocycles. The maximum absolute atomic E-state index is 6.26. The number of fused-ring (bicyclic) bond motifs is 1. The largest absolute Gasteiger partial charge is 0.372 e. The summed E-state index contributed by atoms with van der Waals surface area (Å²) in [5.74, 6) is 1.22. The van der Waals surface area contributed by atoms with Gasteiger partial charge in [-0.15, -0.1) is 0 Å². The molecule has 6 nitrogen and oxygen atoms in total. The minimum Gasteiger partial charge on any atom is -0.372 e. The van der Waals surface area contributed by atoms with E-state index < -0.39 is 0 Å². The molecule has 0 spiro atoms.